The monoisotopic (exact) mass is 292 g/mol. The fraction of sp³-hybridized carbons (Fsp3) is 0.917. The maximum absolute atomic E-state index is 11.5. The van der Waals surface area contributed by atoms with Gasteiger partial charge in [0.1, 0.15) is 0 Å². The Balaban J connectivity index is 2.88. The summed E-state index contributed by atoms with van der Waals surface area (Å²) in [5.74, 6) is -0.820. The predicted molar refractivity (Wildman–Crippen MR) is 73.6 cm³/mol. The van der Waals surface area contributed by atoms with Crippen LogP contribution in [-0.4, -0.2) is 66.7 Å². The number of hydrogen-bond donors (Lipinski definition) is 1. The topological polar surface area (TPSA) is 77.9 Å². The van der Waals surface area contributed by atoms with Crippen molar-refractivity contribution in [3.63, 3.8) is 0 Å². The minimum atomic E-state index is -3.18. The maximum atomic E-state index is 11.5. The molecule has 0 amide bonds. The molecule has 0 unspecified atom stereocenters. The third-order valence-electron chi connectivity index (χ3n) is 4.04. The molecule has 0 aliphatic carbocycles. The van der Waals surface area contributed by atoms with Gasteiger partial charge in [-0.2, -0.15) is 0 Å². The van der Waals surface area contributed by atoms with Crippen molar-refractivity contribution in [3.05, 3.63) is 0 Å². The van der Waals surface area contributed by atoms with Gasteiger partial charge in [-0.25, -0.2) is 12.7 Å². The van der Waals surface area contributed by atoms with E-state index in [1.807, 2.05) is 13.8 Å². The summed E-state index contributed by atoms with van der Waals surface area (Å²) in [6, 6.07) is 0. The number of carbonyl (C=O) groups is 1. The number of carboxylic acid groups (broad SMARTS) is 1. The van der Waals surface area contributed by atoms with Gasteiger partial charge in [-0.15, -0.1) is 0 Å². The highest BCUT2D eigenvalue weighted by Crippen LogP contribution is 2.33. The van der Waals surface area contributed by atoms with Crippen molar-refractivity contribution in [3.8, 4) is 0 Å². The van der Waals surface area contributed by atoms with Crippen LogP contribution < -0.4 is 0 Å². The zero-order valence-electron chi connectivity index (χ0n) is 11.9. The van der Waals surface area contributed by atoms with Crippen LogP contribution >= 0.6 is 0 Å². The fourth-order valence-corrected chi connectivity index (χ4v) is 3.86. The molecule has 1 heterocycles. The van der Waals surface area contributed by atoms with Gasteiger partial charge in [0.15, 0.2) is 0 Å². The minimum absolute atomic E-state index is 0.0757. The molecule has 112 valence electrons. The highest BCUT2D eigenvalue weighted by molar-refractivity contribution is 7.88. The molecule has 0 aromatic carbocycles. The molecule has 0 radical (unpaired) electrons. The molecular formula is C12H24N2O4S. The molecule has 0 aromatic heterocycles. The average molecular weight is 292 g/mol. The molecule has 1 aliphatic heterocycles. The van der Waals surface area contributed by atoms with E-state index < -0.39 is 21.5 Å². The Morgan fingerprint density at radius 1 is 1.26 bits per heavy atom. The number of piperidine rings is 1. The molecule has 0 atom stereocenters. The molecule has 1 saturated heterocycles. The highest BCUT2D eigenvalue weighted by Gasteiger charge is 2.41. The predicted octanol–water partition coefficient (Wildman–Crippen LogP) is 0.597. The highest BCUT2D eigenvalue weighted by atomic mass is 32.2. The fourth-order valence-electron chi connectivity index (χ4n) is 3.01. The van der Waals surface area contributed by atoms with Crippen molar-refractivity contribution in [2.24, 2.45) is 0 Å². The van der Waals surface area contributed by atoms with Gasteiger partial charge < -0.3 is 5.11 Å². The zero-order chi connectivity index (χ0) is 14.7. The first-order valence-corrected chi connectivity index (χ1v) is 8.52. The lowest BCUT2D eigenvalue weighted by atomic mass is 9.83. The maximum Gasteiger partial charge on any atom is 0.305 e. The Morgan fingerprint density at radius 3 is 2.05 bits per heavy atom. The number of sulfonamides is 1. The Morgan fingerprint density at radius 2 is 1.74 bits per heavy atom. The minimum Gasteiger partial charge on any atom is -0.481 e. The summed E-state index contributed by atoms with van der Waals surface area (Å²) in [6.07, 6.45) is 2.43. The Bertz CT molecular complexity index is 409. The molecule has 6 nitrogen and oxygen atoms in total. The second kappa shape index (κ2) is 6.19. The molecule has 19 heavy (non-hydrogen) atoms. The van der Waals surface area contributed by atoms with Crippen LogP contribution in [-0.2, 0) is 14.8 Å². The van der Waals surface area contributed by atoms with Crippen molar-refractivity contribution in [1.82, 2.24) is 9.21 Å². The summed E-state index contributed by atoms with van der Waals surface area (Å²) < 4.78 is 24.5. The number of aliphatic carboxylic acids is 1. The number of rotatable bonds is 6. The summed E-state index contributed by atoms with van der Waals surface area (Å²) in [6.45, 7) is 6.39. The lowest BCUT2D eigenvalue weighted by Gasteiger charge is -2.47. The van der Waals surface area contributed by atoms with Crippen molar-refractivity contribution >= 4 is 16.0 Å². The van der Waals surface area contributed by atoms with Gasteiger partial charge in [0.05, 0.1) is 12.7 Å². The largest absolute Gasteiger partial charge is 0.481 e. The third-order valence-corrected chi connectivity index (χ3v) is 5.34. The van der Waals surface area contributed by atoms with Crippen LogP contribution in [0.5, 0.6) is 0 Å². The normalized spacial score (nSPS) is 20.6. The van der Waals surface area contributed by atoms with Crippen LogP contribution in [0.25, 0.3) is 0 Å². The van der Waals surface area contributed by atoms with E-state index in [1.165, 1.54) is 10.6 Å². The quantitative estimate of drug-likeness (QED) is 0.775. The van der Waals surface area contributed by atoms with E-state index in [9.17, 15) is 13.2 Å². The Labute approximate surface area is 115 Å². The van der Waals surface area contributed by atoms with E-state index in [1.54, 1.807) is 0 Å². The molecule has 0 bridgehead atoms. The standard InChI is InChI=1S/C12H24N2O4S/c1-4-13(5-2)12(10-11(15)16)6-8-14(9-7-12)19(3,17)18/h4-10H2,1-3H3,(H,15,16). The van der Waals surface area contributed by atoms with Gasteiger partial charge in [-0.3, -0.25) is 9.69 Å². The third kappa shape index (κ3) is 3.90. The summed E-state index contributed by atoms with van der Waals surface area (Å²) in [5, 5.41) is 9.14. The van der Waals surface area contributed by atoms with E-state index in [0.29, 0.717) is 25.9 Å². The first-order valence-electron chi connectivity index (χ1n) is 6.67. The van der Waals surface area contributed by atoms with Crippen molar-refractivity contribution < 1.29 is 18.3 Å². The van der Waals surface area contributed by atoms with Gasteiger partial charge in [-0.1, -0.05) is 13.8 Å². The zero-order valence-corrected chi connectivity index (χ0v) is 12.7. The van der Waals surface area contributed by atoms with Crippen LogP contribution in [0.3, 0.4) is 0 Å². The molecule has 1 fully saturated rings. The van der Waals surface area contributed by atoms with Gasteiger partial charge in [0.2, 0.25) is 10.0 Å². The van der Waals surface area contributed by atoms with E-state index in [2.05, 4.69) is 4.90 Å². The van der Waals surface area contributed by atoms with Crippen LogP contribution in [0, 0.1) is 0 Å². The smallest absolute Gasteiger partial charge is 0.305 e. The van der Waals surface area contributed by atoms with Gasteiger partial charge in [0.25, 0.3) is 0 Å². The SMILES string of the molecule is CCN(CC)C1(CC(=O)O)CCN(S(C)(=O)=O)CC1. The summed E-state index contributed by atoms with van der Waals surface area (Å²) in [4.78, 5) is 13.3. The molecule has 0 aromatic rings. The van der Waals surface area contributed by atoms with E-state index in [0.717, 1.165) is 13.1 Å². The van der Waals surface area contributed by atoms with Crippen molar-refractivity contribution in [2.45, 2.75) is 38.6 Å². The first-order chi connectivity index (χ1) is 8.75. The van der Waals surface area contributed by atoms with Crippen molar-refractivity contribution in [2.75, 3.05) is 32.4 Å². The number of hydrogen-bond acceptors (Lipinski definition) is 4. The molecule has 1 N–H and O–H groups in total. The molecule has 0 spiro atoms. The van der Waals surface area contributed by atoms with Gasteiger partial charge in [-0.05, 0) is 25.9 Å². The van der Waals surface area contributed by atoms with Gasteiger partial charge >= 0.3 is 5.97 Å². The summed E-state index contributed by atoms with van der Waals surface area (Å²) >= 11 is 0. The van der Waals surface area contributed by atoms with Crippen LogP contribution in [0.1, 0.15) is 33.1 Å². The molecule has 1 aliphatic rings. The second-order valence-electron chi connectivity index (χ2n) is 5.13. The van der Waals surface area contributed by atoms with Crippen molar-refractivity contribution in [1.29, 1.82) is 0 Å². The van der Waals surface area contributed by atoms with Crippen LogP contribution in [0.15, 0.2) is 0 Å². The van der Waals surface area contributed by atoms with Gasteiger partial charge in [0, 0.05) is 18.6 Å². The Hall–Kier alpha value is -0.660. The lowest BCUT2D eigenvalue weighted by Crippen LogP contribution is -2.57. The first kappa shape index (κ1) is 16.4. The van der Waals surface area contributed by atoms with E-state index in [4.69, 9.17) is 5.11 Å². The number of carboxylic acids is 1. The second-order valence-corrected chi connectivity index (χ2v) is 7.11. The van der Waals surface area contributed by atoms with Crippen LogP contribution in [0.2, 0.25) is 0 Å². The number of nitrogens with zero attached hydrogens (tertiary/aromatic N) is 2. The summed E-state index contributed by atoms with van der Waals surface area (Å²) in [7, 11) is -3.18. The van der Waals surface area contributed by atoms with E-state index in [-0.39, 0.29) is 6.42 Å². The van der Waals surface area contributed by atoms with Crippen LogP contribution in [0.4, 0.5) is 0 Å². The molecule has 0 saturated carbocycles. The lowest BCUT2D eigenvalue weighted by molar-refractivity contribution is -0.141. The molecular weight excluding hydrogens is 268 g/mol. The Kier molecular flexibility index (Phi) is 5.34. The average Bonchev–Trinajstić information content (AvgIpc) is 2.28. The molecule has 7 heteroatoms. The summed E-state index contributed by atoms with van der Waals surface area (Å²) in [5.41, 5.74) is -0.406. The van der Waals surface area contributed by atoms with E-state index >= 15 is 0 Å². The molecule has 1 rings (SSSR count).